The van der Waals surface area contributed by atoms with Crippen molar-refractivity contribution in [3.8, 4) is 17.1 Å². The maximum absolute atomic E-state index is 13.9. The summed E-state index contributed by atoms with van der Waals surface area (Å²) in [6, 6.07) is 5.22. The molecule has 2 aliphatic rings. The predicted molar refractivity (Wildman–Crippen MR) is 142 cm³/mol. The molecule has 210 valence electrons. The zero-order chi connectivity index (χ0) is 27.9. The van der Waals surface area contributed by atoms with Gasteiger partial charge in [-0.1, -0.05) is 24.6 Å². The van der Waals surface area contributed by atoms with Crippen LogP contribution >= 0.6 is 11.6 Å². The van der Waals surface area contributed by atoms with E-state index in [1.165, 1.54) is 16.8 Å². The fourth-order valence-corrected chi connectivity index (χ4v) is 7.06. The van der Waals surface area contributed by atoms with E-state index in [4.69, 9.17) is 11.6 Å². The van der Waals surface area contributed by atoms with Crippen LogP contribution in [0.25, 0.3) is 17.1 Å². The summed E-state index contributed by atoms with van der Waals surface area (Å²) in [5.74, 6) is -0.0637. The van der Waals surface area contributed by atoms with Gasteiger partial charge in [0.15, 0.2) is 0 Å². The third-order valence-corrected chi connectivity index (χ3v) is 9.75. The second kappa shape index (κ2) is 10.7. The van der Waals surface area contributed by atoms with Crippen molar-refractivity contribution in [1.29, 1.82) is 0 Å². The van der Waals surface area contributed by atoms with Crippen molar-refractivity contribution < 1.29 is 21.6 Å². The highest BCUT2D eigenvalue weighted by Gasteiger charge is 2.43. The molecule has 2 fully saturated rings. The Bertz CT molecular complexity index is 1460. The summed E-state index contributed by atoms with van der Waals surface area (Å²) in [5.41, 5.74) is 0.178. The fourth-order valence-electron chi connectivity index (χ4n) is 4.80. The maximum Gasteiger partial charge on any atom is 0.420 e. The molecule has 1 saturated carbocycles. The monoisotopic (exact) mass is 583 g/mol. The lowest BCUT2D eigenvalue weighted by atomic mass is 9.95. The van der Waals surface area contributed by atoms with Crippen LogP contribution < -0.4 is 10.6 Å². The molecule has 1 aliphatic heterocycles. The molecule has 2 N–H and O–H groups in total. The van der Waals surface area contributed by atoms with Crippen LogP contribution in [-0.2, 0) is 22.7 Å². The molecule has 1 aliphatic carbocycles. The number of benzene rings is 1. The Morgan fingerprint density at radius 2 is 1.95 bits per heavy atom. The Morgan fingerprint density at radius 1 is 1.18 bits per heavy atom. The lowest BCUT2D eigenvalue weighted by molar-refractivity contribution is -0.137. The number of piperidine rings is 1. The SMILES string of the molecule is CNCc1ccc(-n2cnc(-c3nc(N[C@H]4CCN(S(=O)(=O)C5CC5)C[C@H]4C)ncc3C(F)(F)F)c2)c(Cl)c1. The lowest BCUT2D eigenvalue weighted by Crippen LogP contribution is -2.48. The van der Waals surface area contributed by atoms with E-state index < -0.39 is 21.8 Å². The second-order valence-electron chi connectivity index (χ2n) is 10.1. The minimum atomic E-state index is -4.69. The molecule has 0 spiro atoms. The van der Waals surface area contributed by atoms with Gasteiger partial charge >= 0.3 is 6.18 Å². The molecule has 1 aromatic carbocycles. The minimum absolute atomic E-state index is 0.0153. The first-order chi connectivity index (χ1) is 18.5. The quantitative estimate of drug-likeness (QED) is 0.406. The van der Waals surface area contributed by atoms with Gasteiger partial charge in [-0.2, -0.15) is 13.2 Å². The topological polar surface area (TPSA) is 105 Å². The summed E-state index contributed by atoms with van der Waals surface area (Å²) < 4.78 is 70.0. The van der Waals surface area contributed by atoms with Crippen LogP contribution in [0.15, 0.2) is 36.9 Å². The first-order valence-corrected chi connectivity index (χ1v) is 14.5. The van der Waals surface area contributed by atoms with E-state index >= 15 is 0 Å². The van der Waals surface area contributed by atoms with Crippen LogP contribution in [0.3, 0.4) is 0 Å². The van der Waals surface area contributed by atoms with Crippen LogP contribution in [0.1, 0.15) is 37.3 Å². The van der Waals surface area contributed by atoms with E-state index in [0.29, 0.717) is 49.6 Å². The van der Waals surface area contributed by atoms with Crippen molar-refractivity contribution in [2.75, 3.05) is 25.5 Å². The molecular formula is C25H29ClF3N7O2S. The molecule has 3 aromatic rings. The molecule has 14 heteroatoms. The average Bonchev–Trinajstić information content (AvgIpc) is 3.63. The molecule has 5 rings (SSSR count). The molecule has 3 heterocycles. The molecule has 2 aromatic heterocycles. The fraction of sp³-hybridized carbons (Fsp3) is 0.480. The van der Waals surface area contributed by atoms with Crippen molar-refractivity contribution >= 4 is 27.6 Å². The number of sulfonamides is 1. The Balaban J connectivity index is 1.39. The third-order valence-electron chi connectivity index (χ3n) is 7.08. The number of imidazole rings is 1. The van der Waals surface area contributed by atoms with Crippen molar-refractivity contribution in [2.45, 2.75) is 50.2 Å². The van der Waals surface area contributed by atoms with Crippen LogP contribution in [0.5, 0.6) is 0 Å². The van der Waals surface area contributed by atoms with Crippen molar-refractivity contribution in [2.24, 2.45) is 5.92 Å². The van der Waals surface area contributed by atoms with Crippen LogP contribution in [0.4, 0.5) is 19.1 Å². The van der Waals surface area contributed by atoms with Gasteiger partial charge in [0.2, 0.25) is 16.0 Å². The van der Waals surface area contributed by atoms with E-state index in [9.17, 15) is 21.6 Å². The van der Waals surface area contributed by atoms with E-state index in [2.05, 4.69) is 25.6 Å². The summed E-state index contributed by atoms with van der Waals surface area (Å²) in [7, 11) is -1.47. The largest absolute Gasteiger partial charge is 0.420 e. The highest BCUT2D eigenvalue weighted by atomic mass is 35.5. The summed E-state index contributed by atoms with van der Waals surface area (Å²) in [5, 5.41) is 6.31. The molecule has 0 amide bonds. The molecule has 0 bridgehead atoms. The highest BCUT2D eigenvalue weighted by Crippen LogP contribution is 2.37. The normalized spacial score (nSPS) is 20.8. The smallest absolute Gasteiger partial charge is 0.351 e. The van der Waals surface area contributed by atoms with Crippen LogP contribution in [0.2, 0.25) is 5.02 Å². The van der Waals surface area contributed by atoms with Gasteiger partial charge in [-0.25, -0.2) is 27.7 Å². The number of hydrogen-bond donors (Lipinski definition) is 2. The summed E-state index contributed by atoms with van der Waals surface area (Å²) in [6.45, 7) is 3.20. The lowest BCUT2D eigenvalue weighted by Gasteiger charge is -2.36. The summed E-state index contributed by atoms with van der Waals surface area (Å²) in [6.07, 6.45) is 0.775. The molecule has 0 unspecified atom stereocenters. The van der Waals surface area contributed by atoms with Gasteiger partial charge in [-0.3, -0.25) is 0 Å². The van der Waals surface area contributed by atoms with Gasteiger partial charge in [-0.15, -0.1) is 0 Å². The Kier molecular flexibility index (Phi) is 7.61. The van der Waals surface area contributed by atoms with E-state index in [-0.39, 0.29) is 34.5 Å². The standard InChI is InChI=1S/C25H29ClF3N7O2S/c1-15-12-36(39(37,38)17-4-5-17)8-7-20(15)33-24-31-11-18(25(27,28)29)23(34-24)21-13-35(14-32-21)22-6-3-16(10-30-2)9-19(22)26/h3,6,9,11,13-15,17,20,30H,4-5,7-8,10,12H2,1-2H3,(H,31,33,34)/t15-,20+/m1/s1. The van der Waals surface area contributed by atoms with Gasteiger partial charge in [0.1, 0.15) is 23.3 Å². The minimum Gasteiger partial charge on any atom is -0.351 e. The average molecular weight is 584 g/mol. The number of halogens is 4. The Hall–Kier alpha value is -2.74. The zero-order valence-corrected chi connectivity index (χ0v) is 23.0. The number of nitrogens with one attached hydrogen (secondary N) is 2. The van der Waals surface area contributed by atoms with E-state index in [1.54, 1.807) is 16.7 Å². The first kappa shape index (κ1) is 27.8. The van der Waals surface area contributed by atoms with Gasteiger partial charge in [0, 0.05) is 38.1 Å². The number of anilines is 1. The highest BCUT2D eigenvalue weighted by molar-refractivity contribution is 7.90. The number of nitrogens with zero attached hydrogens (tertiary/aromatic N) is 5. The second-order valence-corrected chi connectivity index (χ2v) is 12.7. The molecule has 0 radical (unpaired) electrons. The Labute approximate surface area is 229 Å². The molecule has 1 saturated heterocycles. The van der Waals surface area contributed by atoms with Gasteiger partial charge in [0.05, 0.1) is 16.0 Å². The van der Waals surface area contributed by atoms with Crippen LogP contribution in [0, 0.1) is 5.92 Å². The zero-order valence-electron chi connectivity index (χ0n) is 21.4. The van der Waals surface area contributed by atoms with E-state index in [0.717, 1.165) is 11.8 Å². The molecule has 9 nitrogen and oxygen atoms in total. The van der Waals surface area contributed by atoms with Crippen molar-refractivity contribution in [3.63, 3.8) is 0 Å². The number of hydrogen-bond acceptors (Lipinski definition) is 7. The van der Waals surface area contributed by atoms with Crippen LogP contribution in [-0.4, -0.2) is 63.7 Å². The predicted octanol–water partition coefficient (Wildman–Crippen LogP) is 4.34. The van der Waals surface area contributed by atoms with E-state index in [1.807, 2.05) is 20.0 Å². The molecular weight excluding hydrogens is 555 g/mol. The maximum atomic E-state index is 13.9. The Morgan fingerprint density at radius 3 is 2.59 bits per heavy atom. The number of aromatic nitrogens is 4. The molecule has 2 atom stereocenters. The van der Waals surface area contributed by atoms with Crippen molar-refractivity contribution in [1.82, 2.24) is 29.1 Å². The number of alkyl halides is 3. The first-order valence-electron chi connectivity index (χ1n) is 12.6. The van der Waals surface area contributed by atoms with Crippen molar-refractivity contribution in [3.05, 3.63) is 53.1 Å². The molecule has 39 heavy (non-hydrogen) atoms. The van der Waals surface area contributed by atoms with Gasteiger partial charge < -0.3 is 15.2 Å². The summed E-state index contributed by atoms with van der Waals surface area (Å²) >= 11 is 6.43. The van der Waals surface area contributed by atoms with Gasteiger partial charge in [-0.05, 0) is 49.9 Å². The number of rotatable bonds is 8. The summed E-state index contributed by atoms with van der Waals surface area (Å²) in [4.78, 5) is 12.4. The van der Waals surface area contributed by atoms with Gasteiger partial charge in [0.25, 0.3) is 0 Å². The third kappa shape index (κ3) is 5.91.